The number of benzene rings is 2. The molecule has 0 aromatic heterocycles. The molecule has 134 valence electrons. The number of nitrogens with one attached hydrogen (secondary N) is 2. The van der Waals surface area contributed by atoms with Gasteiger partial charge in [0.05, 0.1) is 18.7 Å². The van der Waals surface area contributed by atoms with Crippen molar-refractivity contribution in [2.45, 2.75) is 19.5 Å². The van der Waals surface area contributed by atoms with E-state index >= 15 is 0 Å². The third-order valence-electron chi connectivity index (χ3n) is 4.19. The molecule has 1 unspecified atom stereocenters. The summed E-state index contributed by atoms with van der Waals surface area (Å²) in [5, 5.41) is 11.7. The Bertz CT molecular complexity index is 776. The molecule has 0 heterocycles. The highest BCUT2D eigenvalue weighted by atomic mass is 16.5. The first kappa shape index (κ1) is 19.2. The van der Waals surface area contributed by atoms with Gasteiger partial charge in [-0.15, -0.1) is 0 Å². The van der Waals surface area contributed by atoms with E-state index in [0.29, 0.717) is 17.9 Å². The average molecular weight is 350 g/mol. The van der Waals surface area contributed by atoms with Crippen LogP contribution in [0.4, 0.5) is 5.69 Å². The van der Waals surface area contributed by atoms with E-state index in [2.05, 4.69) is 18.0 Å². The van der Waals surface area contributed by atoms with Gasteiger partial charge in [0, 0.05) is 11.3 Å². The van der Waals surface area contributed by atoms with Crippen molar-refractivity contribution in [3.8, 4) is 11.8 Å². The van der Waals surface area contributed by atoms with Crippen LogP contribution in [-0.4, -0.2) is 25.6 Å². The third-order valence-corrected chi connectivity index (χ3v) is 4.19. The molecule has 0 bridgehead atoms. The van der Waals surface area contributed by atoms with Crippen LogP contribution < -0.4 is 15.0 Å². The topological polar surface area (TPSA) is 66.6 Å². The fourth-order valence-corrected chi connectivity index (χ4v) is 2.44. The van der Waals surface area contributed by atoms with Crippen LogP contribution in [0.2, 0.25) is 0 Å². The van der Waals surface area contributed by atoms with Crippen LogP contribution in [0.3, 0.4) is 0 Å². The summed E-state index contributed by atoms with van der Waals surface area (Å²) in [6, 6.07) is 16.6. The number of quaternary nitrogens is 1. The maximum absolute atomic E-state index is 12.4. The maximum atomic E-state index is 12.4. The second kappa shape index (κ2) is 9.40. The predicted octanol–water partition coefficient (Wildman–Crippen LogP) is 2.16. The van der Waals surface area contributed by atoms with E-state index in [0.717, 1.165) is 22.8 Å². The minimum Gasteiger partial charge on any atom is -0.490 e. The van der Waals surface area contributed by atoms with Gasteiger partial charge in [-0.25, -0.2) is 0 Å². The van der Waals surface area contributed by atoms with Gasteiger partial charge in [-0.05, 0) is 55.5 Å². The summed E-state index contributed by atoms with van der Waals surface area (Å²) >= 11 is 0. The highest BCUT2D eigenvalue weighted by Crippen LogP contribution is 2.12. The van der Waals surface area contributed by atoms with Crippen molar-refractivity contribution in [2.75, 3.05) is 19.0 Å². The van der Waals surface area contributed by atoms with Gasteiger partial charge in [0.15, 0.2) is 6.04 Å². The number of anilines is 1. The number of likely N-dealkylation sites (N-methyl/N-ethyl adjacent to an activating group) is 1. The highest BCUT2D eigenvalue weighted by Gasteiger charge is 2.22. The normalized spacial score (nSPS) is 12.5. The van der Waals surface area contributed by atoms with Gasteiger partial charge < -0.3 is 15.0 Å². The van der Waals surface area contributed by atoms with Crippen LogP contribution >= 0.6 is 0 Å². The van der Waals surface area contributed by atoms with Crippen LogP contribution in [0.5, 0.6) is 5.75 Å². The summed E-state index contributed by atoms with van der Waals surface area (Å²) in [5.41, 5.74) is 2.39. The molecule has 0 saturated carbocycles. The van der Waals surface area contributed by atoms with E-state index in [1.54, 1.807) is 30.3 Å². The number of hydrogen-bond acceptors (Lipinski definition) is 3. The standard InChI is InChI=1S/C21H23N3O2/c1-4-13-26-20-11-7-18(8-12-20)15-24(3)16(2)21(25)23-19-9-5-17(14-22)6-10-19/h4-12,16H,1,13,15H2,2-3H3,(H,23,25)/p+1/t16-/m0/s1. The van der Waals surface area contributed by atoms with Crippen LogP contribution in [0.25, 0.3) is 0 Å². The predicted molar refractivity (Wildman–Crippen MR) is 102 cm³/mol. The van der Waals surface area contributed by atoms with Crippen LogP contribution in [-0.2, 0) is 11.3 Å². The molecule has 2 aromatic rings. The first-order valence-corrected chi connectivity index (χ1v) is 8.49. The zero-order valence-electron chi connectivity index (χ0n) is 15.2. The first-order chi connectivity index (χ1) is 12.5. The van der Waals surface area contributed by atoms with Crippen LogP contribution in [0, 0.1) is 11.3 Å². The maximum Gasteiger partial charge on any atom is 0.282 e. The van der Waals surface area contributed by atoms with Crippen molar-refractivity contribution in [2.24, 2.45) is 0 Å². The van der Waals surface area contributed by atoms with E-state index in [1.165, 1.54) is 0 Å². The lowest BCUT2D eigenvalue weighted by Gasteiger charge is -2.21. The molecule has 2 rings (SSSR count). The molecule has 0 fully saturated rings. The van der Waals surface area contributed by atoms with Crippen molar-refractivity contribution in [3.05, 3.63) is 72.3 Å². The van der Waals surface area contributed by atoms with E-state index < -0.39 is 0 Å². The Labute approximate surface area is 154 Å². The molecule has 26 heavy (non-hydrogen) atoms. The second-order valence-corrected chi connectivity index (χ2v) is 6.17. The first-order valence-electron chi connectivity index (χ1n) is 8.49. The van der Waals surface area contributed by atoms with Crippen molar-refractivity contribution in [1.82, 2.24) is 0 Å². The molecular formula is C21H24N3O2+. The highest BCUT2D eigenvalue weighted by molar-refractivity contribution is 5.93. The molecule has 0 aliphatic carbocycles. The molecule has 0 saturated heterocycles. The molecule has 5 heteroatoms. The number of nitrogens with zero attached hydrogens (tertiary/aromatic N) is 1. The fraction of sp³-hybridized carbons (Fsp3) is 0.238. The van der Waals surface area contributed by atoms with Gasteiger partial charge >= 0.3 is 0 Å². The summed E-state index contributed by atoms with van der Waals surface area (Å²) in [4.78, 5) is 13.5. The number of hydrogen-bond donors (Lipinski definition) is 2. The number of rotatable bonds is 8. The number of carbonyl (C=O) groups is 1. The molecule has 1 amide bonds. The Kier molecular flexibility index (Phi) is 6.95. The quantitative estimate of drug-likeness (QED) is 0.717. The Morgan fingerprint density at radius 2 is 1.92 bits per heavy atom. The average Bonchev–Trinajstić information content (AvgIpc) is 2.67. The van der Waals surface area contributed by atoms with Gasteiger partial charge in [-0.3, -0.25) is 4.79 Å². The molecule has 0 spiro atoms. The van der Waals surface area contributed by atoms with Crippen LogP contribution in [0.1, 0.15) is 18.1 Å². The SMILES string of the molecule is C=CCOc1ccc(C[NH+](C)[C@@H](C)C(=O)Nc2ccc(C#N)cc2)cc1. The molecule has 5 nitrogen and oxygen atoms in total. The lowest BCUT2D eigenvalue weighted by Crippen LogP contribution is -3.12. The van der Waals surface area contributed by atoms with Crippen LogP contribution in [0.15, 0.2) is 61.2 Å². The molecule has 2 N–H and O–H groups in total. The molecule has 0 radical (unpaired) electrons. The second-order valence-electron chi connectivity index (χ2n) is 6.17. The molecule has 0 aliphatic rings. The van der Waals surface area contributed by atoms with Crippen molar-refractivity contribution in [3.63, 3.8) is 0 Å². The summed E-state index contributed by atoms with van der Waals surface area (Å²) in [6.07, 6.45) is 1.71. The lowest BCUT2D eigenvalue weighted by atomic mass is 10.1. The van der Waals surface area contributed by atoms with Crippen molar-refractivity contribution < 1.29 is 14.4 Å². The fourth-order valence-electron chi connectivity index (χ4n) is 2.44. The third kappa shape index (κ3) is 5.47. The zero-order valence-corrected chi connectivity index (χ0v) is 15.2. The van der Waals surface area contributed by atoms with Gasteiger partial charge in [0.25, 0.3) is 5.91 Å². The Morgan fingerprint density at radius 1 is 1.27 bits per heavy atom. The lowest BCUT2D eigenvalue weighted by molar-refractivity contribution is -0.907. The summed E-state index contributed by atoms with van der Waals surface area (Å²) < 4.78 is 5.47. The Balaban J connectivity index is 1.90. The Hall–Kier alpha value is -3.10. The number of carbonyl (C=O) groups excluding carboxylic acids is 1. The largest absolute Gasteiger partial charge is 0.490 e. The molecule has 2 aromatic carbocycles. The van der Waals surface area contributed by atoms with E-state index in [4.69, 9.17) is 10.00 Å². The molecule has 2 atom stereocenters. The van der Waals surface area contributed by atoms with Gasteiger partial charge in [0.1, 0.15) is 18.9 Å². The van der Waals surface area contributed by atoms with Gasteiger partial charge in [-0.1, -0.05) is 12.7 Å². The van der Waals surface area contributed by atoms with Gasteiger partial charge in [-0.2, -0.15) is 5.26 Å². The Morgan fingerprint density at radius 3 is 2.50 bits per heavy atom. The number of nitriles is 1. The summed E-state index contributed by atoms with van der Waals surface area (Å²) in [7, 11) is 1.99. The monoisotopic (exact) mass is 350 g/mol. The minimum absolute atomic E-state index is 0.0573. The van der Waals surface area contributed by atoms with E-state index in [9.17, 15) is 4.79 Å². The minimum atomic E-state index is -0.220. The van der Waals surface area contributed by atoms with Crippen molar-refractivity contribution in [1.29, 1.82) is 5.26 Å². The van der Waals surface area contributed by atoms with Gasteiger partial charge in [0.2, 0.25) is 0 Å². The summed E-state index contributed by atoms with van der Waals surface area (Å²) in [6.45, 7) is 6.73. The van der Waals surface area contributed by atoms with E-state index in [-0.39, 0.29) is 11.9 Å². The van der Waals surface area contributed by atoms with E-state index in [1.807, 2.05) is 38.2 Å². The smallest absolute Gasteiger partial charge is 0.282 e. The number of ether oxygens (including phenoxy) is 1. The molecule has 0 aliphatic heterocycles. The zero-order chi connectivity index (χ0) is 18.9. The molecular weight excluding hydrogens is 326 g/mol. The summed E-state index contributed by atoms with van der Waals surface area (Å²) in [5.74, 6) is 0.746. The van der Waals surface area contributed by atoms with Crippen molar-refractivity contribution >= 4 is 11.6 Å². The number of amides is 1.